The number of nitrogens with one attached hydrogen (secondary N) is 2. The summed E-state index contributed by atoms with van der Waals surface area (Å²) in [5.41, 5.74) is 1.55. The molecule has 28 heavy (non-hydrogen) atoms. The van der Waals surface area contributed by atoms with Gasteiger partial charge in [0.25, 0.3) is 0 Å². The van der Waals surface area contributed by atoms with E-state index in [0.717, 1.165) is 0 Å². The van der Waals surface area contributed by atoms with E-state index in [9.17, 15) is 9.59 Å². The van der Waals surface area contributed by atoms with Crippen molar-refractivity contribution >= 4 is 52.2 Å². The number of amides is 2. The lowest BCUT2D eigenvalue weighted by molar-refractivity contribution is 0.0697. The molecule has 9 nitrogen and oxygen atoms in total. The first-order chi connectivity index (χ1) is 13.3. The molecule has 0 bridgehead atoms. The number of carbonyl (C=O) groups excluding carboxylic acids is 1. The molecule has 0 aliphatic rings. The maximum atomic E-state index is 12.4. The van der Waals surface area contributed by atoms with Crippen LogP contribution in [0.4, 0.5) is 16.2 Å². The molecule has 2 heterocycles. The molecule has 1 unspecified atom stereocenters. The molecule has 2 amide bonds. The van der Waals surface area contributed by atoms with E-state index in [-0.39, 0.29) is 21.4 Å². The molecule has 3 N–H and O–H groups in total. The Morgan fingerprint density at radius 1 is 1.21 bits per heavy atom. The Morgan fingerprint density at radius 3 is 2.64 bits per heavy atom. The largest absolute Gasteiger partial charge is 0.478 e. The van der Waals surface area contributed by atoms with Crippen molar-refractivity contribution in [3.05, 3.63) is 51.9 Å². The molecule has 0 aliphatic heterocycles. The number of halogens is 2. The summed E-state index contributed by atoms with van der Waals surface area (Å²) in [6, 6.07) is 4.96. The number of anilines is 2. The monoisotopic (exact) mass is 423 g/mol. The first-order valence-electron chi connectivity index (χ1n) is 7.97. The number of aromatic nitrogens is 3. The first kappa shape index (κ1) is 19.9. The molecule has 0 saturated carbocycles. The summed E-state index contributed by atoms with van der Waals surface area (Å²) in [4.78, 5) is 27.8. The van der Waals surface area contributed by atoms with Crippen molar-refractivity contribution < 1.29 is 19.4 Å². The van der Waals surface area contributed by atoms with Crippen LogP contribution in [0.5, 0.6) is 0 Å². The Morgan fingerprint density at radius 2 is 1.96 bits per heavy atom. The normalized spacial score (nSPS) is 12.0. The van der Waals surface area contributed by atoms with Gasteiger partial charge in [0, 0.05) is 23.9 Å². The van der Waals surface area contributed by atoms with Gasteiger partial charge in [-0.25, -0.2) is 19.1 Å². The molecule has 0 aliphatic carbocycles. The van der Waals surface area contributed by atoms with Gasteiger partial charge in [0.15, 0.2) is 10.8 Å². The fraction of sp³-hybridized carbons (Fsp3) is 0.176. The molecular weight excluding hydrogens is 409 g/mol. The second kappa shape index (κ2) is 8.01. The summed E-state index contributed by atoms with van der Waals surface area (Å²) in [5, 5.41) is 18.9. The highest BCUT2D eigenvalue weighted by Gasteiger charge is 2.19. The highest BCUT2D eigenvalue weighted by atomic mass is 35.5. The van der Waals surface area contributed by atoms with E-state index < -0.39 is 18.1 Å². The van der Waals surface area contributed by atoms with Crippen molar-refractivity contribution in [2.45, 2.75) is 13.0 Å². The van der Waals surface area contributed by atoms with Gasteiger partial charge in [-0.1, -0.05) is 23.2 Å². The average Bonchev–Trinajstić information content (AvgIpc) is 3.00. The van der Waals surface area contributed by atoms with Crippen LogP contribution in [0.25, 0.3) is 5.65 Å². The number of aromatic carboxylic acids is 1. The van der Waals surface area contributed by atoms with Gasteiger partial charge in [0.05, 0.1) is 29.2 Å². The third kappa shape index (κ3) is 4.16. The Kier molecular flexibility index (Phi) is 5.68. The van der Waals surface area contributed by atoms with E-state index in [0.29, 0.717) is 17.0 Å². The number of hydrogen-bond donors (Lipinski definition) is 3. The van der Waals surface area contributed by atoms with E-state index in [2.05, 4.69) is 20.7 Å². The second-order valence-electron chi connectivity index (χ2n) is 5.78. The molecule has 0 spiro atoms. The summed E-state index contributed by atoms with van der Waals surface area (Å²) in [6.45, 7) is 1.78. The minimum absolute atomic E-state index is 0.0502. The van der Waals surface area contributed by atoms with Gasteiger partial charge in [-0.15, -0.1) is 0 Å². The van der Waals surface area contributed by atoms with Crippen LogP contribution >= 0.6 is 23.2 Å². The maximum Gasteiger partial charge on any atom is 0.335 e. The van der Waals surface area contributed by atoms with Gasteiger partial charge in [0.2, 0.25) is 0 Å². The third-order valence-corrected chi connectivity index (χ3v) is 4.28. The standard InChI is InChI=1S/C17H15Cl2N5O4/c1-8(28-2)15-12(7-20-14-6-13(19)23-24(14)15)22-17(27)21-11-4-9(16(25)26)3-10(18)5-11/h3-8H,1-2H3,(H,25,26)(H2,21,22,27). The number of carboxylic acid groups (broad SMARTS) is 1. The summed E-state index contributed by atoms with van der Waals surface area (Å²) >= 11 is 11.9. The molecule has 1 aromatic carbocycles. The number of carboxylic acids is 1. The number of hydrogen-bond acceptors (Lipinski definition) is 5. The Hall–Kier alpha value is -2.88. The molecule has 146 valence electrons. The summed E-state index contributed by atoms with van der Waals surface area (Å²) in [5.74, 6) is -1.16. The van der Waals surface area contributed by atoms with Gasteiger partial charge < -0.3 is 20.5 Å². The zero-order valence-corrected chi connectivity index (χ0v) is 16.2. The van der Waals surface area contributed by atoms with E-state index in [4.69, 9.17) is 33.0 Å². The smallest absolute Gasteiger partial charge is 0.335 e. The predicted molar refractivity (Wildman–Crippen MR) is 104 cm³/mol. The molecule has 0 fully saturated rings. The highest BCUT2D eigenvalue weighted by Crippen LogP contribution is 2.27. The van der Waals surface area contributed by atoms with Crippen LogP contribution in [0.2, 0.25) is 10.2 Å². The minimum Gasteiger partial charge on any atom is -0.478 e. The first-order valence-corrected chi connectivity index (χ1v) is 8.73. The van der Waals surface area contributed by atoms with Crippen molar-refractivity contribution in [2.75, 3.05) is 17.7 Å². The minimum atomic E-state index is -1.16. The molecule has 11 heteroatoms. The van der Waals surface area contributed by atoms with Crippen molar-refractivity contribution in [1.82, 2.24) is 14.6 Å². The van der Waals surface area contributed by atoms with Crippen molar-refractivity contribution in [3.8, 4) is 0 Å². The van der Waals surface area contributed by atoms with Crippen LogP contribution in [-0.4, -0.2) is 38.8 Å². The Bertz CT molecular complexity index is 1070. The number of rotatable bonds is 5. The zero-order valence-electron chi connectivity index (χ0n) is 14.7. The number of nitrogens with zero attached hydrogens (tertiary/aromatic N) is 3. The fourth-order valence-corrected chi connectivity index (χ4v) is 3.00. The topological polar surface area (TPSA) is 118 Å². The van der Waals surface area contributed by atoms with Crippen LogP contribution < -0.4 is 10.6 Å². The number of ether oxygens (including phenoxy) is 1. The van der Waals surface area contributed by atoms with Crippen LogP contribution in [-0.2, 0) is 4.74 Å². The van der Waals surface area contributed by atoms with Crippen LogP contribution in [0.3, 0.4) is 0 Å². The molecule has 0 radical (unpaired) electrons. The number of methoxy groups -OCH3 is 1. The lowest BCUT2D eigenvalue weighted by Gasteiger charge is -2.17. The molecule has 3 aromatic rings. The van der Waals surface area contributed by atoms with Gasteiger partial charge in [-0.05, 0) is 25.1 Å². The third-order valence-electron chi connectivity index (χ3n) is 3.88. The summed E-state index contributed by atoms with van der Waals surface area (Å²) in [6.07, 6.45) is 1.03. The number of carbonyl (C=O) groups is 2. The Balaban J connectivity index is 1.90. The van der Waals surface area contributed by atoms with E-state index in [1.807, 2.05) is 0 Å². The average molecular weight is 424 g/mol. The quantitative estimate of drug-likeness (QED) is 0.568. The van der Waals surface area contributed by atoms with Crippen LogP contribution in [0, 0.1) is 0 Å². The fourth-order valence-electron chi connectivity index (χ4n) is 2.59. The number of benzene rings is 1. The van der Waals surface area contributed by atoms with Crippen molar-refractivity contribution in [2.24, 2.45) is 0 Å². The van der Waals surface area contributed by atoms with Gasteiger partial charge >= 0.3 is 12.0 Å². The Labute approximate surface area is 169 Å². The van der Waals surface area contributed by atoms with Gasteiger partial charge in [-0.2, -0.15) is 5.10 Å². The molecular formula is C17H15Cl2N5O4. The molecule has 1 atom stereocenters. The van der Waals surface area contributed by atoms with Crippen molar-refractivity contribution in [3.63, 3.8) is 0 Å². The molecule has 0 saturated heterocycles. The summed E-state index contributed by atoms with van der Waals surface area (Å²) in [7, 11) is 1.52. The zero-order chi connectivity index (χ0) is 20.4. The maximum absolute atomic E-state index is 12.4. The lowest BCUT2D eigenvalue weighted by atomic mass is 10.2. The van der Waals surface area contributed by atoms with Crippen LogP contribution in [0.15, 0.2) is 30.5 Å². The molecule has 3 rings (SSSR count). The molecule has 2 aromatic heterocycles. The SMILES string of the molecule is COC(C)c1c(NC(=O)Nc2cc(Cl)cc(C(=O)O)c2)cnc2cc(Cl)nn12. The van der Waals surface area contributed by atoms with Gasteiger partial charge in [0.1, 0.15) is 0 Å². The van der Waals surface area contributed by atoms with Gasteiger partial charge in [-0.3, -0.25) is 0 Å². The predicted octanol–water partition coefficient (Wildman–Crippen LogP) is 4.09. The second-order valence-corrected chi connectivity index (χ2v) is 6.61. The van der Waals surface area contributed by atoms with Crippen LogP contribution in [0.1, 0.15) is 29.1 Å². The summed E-state index contributed by atoms with van der Waals surface area (Å²) < 4.78 is 6.85. The number of fused-ring (bicyclic) bond motifs is 1. The van der Waals surface area contributed by atoms with E-state index in [1.165, 1.54) is 36.0 Å². The highest BCUT2D eigenvalue weighted by molar-refractivity contribution is 6.31. The van der Waals surface area contributed by atoms with E-state index in [1.54, 1.807) is 13.0 Å². The van der Waals surface area contributed by atoms with E-state index >= 15 is 0 Å². The number of urea groups is 1. The lowest BCUT2D eigenvalue weighted by Crippen LogP contribution is -2.22. The van der Waals surface area contributed by atoms with Crippen molar-refractivity contribution in [1.29, 1.82) is 0 Å².